The molecule has 1 aliphatic rings. The Labute approximate surface area is 110 Å². The van der Waals surface area contributed by atoms with Crippen molar-refractivity contribution >= 4 is 5.91 Å². The first kappa shape index (κ1) is 13.1. The van der Waals surface area contributed by atoms with Crippen LogP contribution in [0.2, 0.25) is 0 Å². The van der Waals surface area contributed by atoms with Crippen LogP contribution in [0.1, 0.15) is 44.2 Å². The fourth-order valence-electron chi connectivity index (χ4n) is 2.56. The third kappa shape index (κ3) is 2.92. The maximum atomic E-state index is 12.2. The summed E-state index contributed by atoms with van der Waals surface area (Å²) in [6.07, 6.45) is 2.93. The largest absolute Gasteiger partial charge is 0.343 e. The fraction of sp³-hybridized carbons (Fsp3) is 0.562. The minimum Gasteiger partial charge on any atom is -0.343 e. The van der Waals surface area contributed by atoms with Crippen molar-refractivity contribution in [2.75, 3.05) is 13.1 Å². The fourth-order valence-corrected chi connectivity index (χ4v) is 2.56. The third-order valence-electron chi connectivity index (χ3n) is 3.88. The normalized spacial score (nSPS) is 16.1. The molecule has 0 N–H and O–H groups in total. The van der Waals surface area contributed by atoms with Crippen LogP contribution in [-0.2, 0) is 10.2 Å². The zero-order valence-corrected chi connectivity index (χ0v) is 11.7. The number of amides is 1. The van der Waals surface area contributed by atoms with Gasteiger partial charge in [0.1, 0.15) is 0 Å². The number of aryl methyl sites for hydroxylation is 1. The molecule has 2 rings (SSSR count). The molecule has 2 heteroatoms. The lowest BCUT2D eigenvalue weighted by molar-refractivity contribution is -0.131. The summed E-state index contributed by atoms with van der Waals surface area (Å²) in [7, 11) is 0. The molecule has 0 spiro atoms. The van der Waals surface area contributed by atoms with Crippen molar-refractivity contribution in [2.24, 2.45) is 0 Å². The highest BCUT2D eigenvalue weighted by Crippen LogP contribution is 2.28. The van der Waals surface area contributed by atoms with Crippen LogP contribution in [0.5, 0.6) is 0 Å². The maximum absolute atomic E-state index is 12.2. The number of likely N-dealkylation sites (tertiary alicyclic amines) is 1. The molecule has 0 aromatic heterocycles. The quantitative estimate of drug-likeness (QED) is 0.800. The molecule has 0 saturated carbocycles. The van der Waals surface area contributed by atoms with Crippen molar-refractivity contribution < 1.29 is 4.79 Å². The van der Waals surface area contributed by atoms with Gasteiger partial charge < -0.3 is 4.90 Å². The molecule has 1 heterocycles. The summed E-state index contributed by atoms with van der Waals surface area (Å²) < 4.78 is 0. The highest BCUT2D eigenvalue weighted by molar-refractivity contribution is 5.78. The van der Waals surface area contributed by atoms with E-state index in [-0.39, 0.29) is 5.41 Å². The van der Waals surface area contributed by atoms with Crippen molar-refractivity contribution in [1.82, 2.24) is 4.90 Å². The van der Waals surface area contributed by atoms with Crippen molar-refractivity contribution in [2.45, 2.75) is 45.4 Å². The minimum absolute atomic E-state index is 0.0760. The molecule has 1 fully saturated rings. The molecule has 0 bridgehead atoms. The lowest BCUT2D eigenvalue weighted by Crippen LogP contribution is -2.33. The first-order chi connectivity index (χ1) is 8.49. The Balaban J connectivity index is 2.06. The molecule has 18 heavy (non-hydrogen) atoms. The molecule has 0 radical (unpaired) electrons. The van der Waals surface area contributed by atoms with E-state index in [4.69, 9.17) is 0 Å². The van der Waals surface area contributed by atoms with Crippen molar-refractivity contribution in [3.8, 4) is 0 Å². The number of hydrogen-bond donors (Lipinski definition) is 0. The van der Waals surface area contributed by atoms with E-state index in [0.717, 1.165) is 25.9 Å². The van der Waals surface area contributed by atoms with Gasteiger partial charge >= 0.3 is 0 Å². The van der Waals surface area contributed by atoms with E-state index < -0.39 is 0 Å². The second-order valence-electron chi connectivity index (χ2n) is 6.01. The van der Waals surface area contributed by atoms with Crippen LogP contribution >= 0.6 is 0 Å². The lowest BCUT2D eigenvalue weighted by Gasteiger charge is -2.27. The Morgan fingerprint density at radius 2 is 1.72 bits per heavy atom. The molecule has 2 nitrogen and oxygen atoms in total. The smallest absolute Gasteiger partial charge is 0.223 e. The van der Waals surface area contributed by atoms with Gasteiger partial charge in [-0.25, -0.2) is 0 Å². The third-order valence-corrected chi connectivity index (χ3v) is 3.88. The average molecular weight is 245 g/mol. The summed E-state index contributed by atoms with van der Waals surface area (Å²) in [6, 6.07) is 8.54. The number of carbonyl (C=O) groups excluding carboxylic acids is 1. The Kier molecular flexibility index (Phi) is 3.74. The molecule has 1 amide bonds. The molecular formula is C16H23NO. The van der Waals surface area contributed by atoms with Crippen LogP contribution < -0.4 is 0 Å². The summed E-state index contributed by atoms with van der Waals surface area (Å²) >= 11 is 0. The molecule has 1 aromatic carbocycles. The van der Waals surface area contributed by atoms with Crippen LogP contribution in [0.4, 0.5) is 0 Å². The van der Waals surface area contributed by atoms with E-state index in [1.807, 2.05) is 4.90 Å². The van der Waals surface area contributed by atoms with Gasteiger partial charge in [0.2, 0.25) is 5.91 Å². The van der Waals surface area contributed by atoms with E-state index >= 15 is 0 Å². The Hall–Kier alpha value is -1.31. The molecule has 0 atom stereocenters. The van der Waals surface area contributed by atoms with E-state index in [1.54, 1.807) is 0 Å². The monoisotopic (exact) mass is 245 g/mol. The van der Waals surface area contributed by atoms with E-state index in [2.05, 4.69) is 45.0 Å². The van der Waals surface area contributed by atoms with Gasteiger partial charge in [-0.3, -0.25) is 4.79 Å². The van der Waals surface area contributed by atoms with Gasteiger partial charge in [-0.05, 0) is 30.7 Å². The van der Waals surface area contributed by atoms with Gasteiger partial charge in [-0.15, -0.1) is 0 Å². The average Bonchev–Trinajstić information content (AvgIpc) is 2.82. The first-order valence-electron chi connectivity index (χ1n) is 6.84. The van der Waals surface area contributed by atoms with E-state index in [0.29, 0.717) is 12.3 Å². The van der Waals surface area contributed by atoms with Crippen LogP contribution in [0.3, 0.4) is 0 Å². The topological polar surface area (TPSA) is 20.3 Å². The molecular weight excluding hydrogens is 222 g/mol. The van der Waals surface area contributed by atoms with Crippen LogP contribution in [-0.4, -0.2) is 23.9 Å². The first-order valence-corrected chi connectivity index (χ1v) is 6.84. The summed E-state index contributed by atoms with van der Waals surface area (Å²) in [5.74, 6) is 0.304. The number of rotatable bonds is 3. The Bertz CT molecular complexity index is 413. The minimum atomic E-state index is -0.0760. The zero-order valence-electron chi connectivity index (χ0n) is 11.7. The summed E-state index contributed by atoms with van der Waals surface area (Å²) in [6.45, 7) is 8.30. The van der Waals surface area contributed by atoms with Gasteiger partial charge in [0.05, 0.1) is 0 Å². The SMILES string of the molecule is Cc1ccc(C(C)(C)CC(=O)N2CCCC2)cc1. The van der Waals surface area contributed by atoms with Crippen LogP contribution in [0.15, 0.2) is 24.3 Å². The van der Waals surface area contributed by atoms with E-state index in [1.165, 1.54) is 11.1 Å². The van der Waals surface area contributed by atoms with Crippen molar-refractivity contribution in [1.29, 1.82) is 0 Å². The van der Waals surface area contributed by atoms with Crippen molar-refractivity contribution in [3.05, 3.63) is 35.4 Å². The molecule has 98 valence electrons. The molecule has 0 unspecified atom stereocenters. The van der Waals surface area contributed by atoms with Gasteiger partial charge in [0.25, 0.3) is 0 Å². The maximum Gasteiger partial charge on any atom is 0.223 e. The summed E-state index contributed by atoms with van der Waals surface area (Å²) in [5.41, 5.74) is 2.44. The summed E-state index contributed by atoms with van der Waals surface area (Å²) in [4.78, 5) is 14.2. The summed E-state index contributed by atoms with van der Waals surface area (Å²) in [5, 5.41) is 0. The van der Waals surface area contributed by atoms with Gasteiger partial charge in [0, 0.05) is 19.5 Å². The Morgan fingerprint density at radius 3 is 2.28 bits per heavy atom. The lowest BCUT2D eigenvalue weighted by atomic mass is 9.81. The molecule has 1 aromatic rings. The van der Waals surface area contributed by atoms with Crippen LogP contribution in [0, 0.1) is 6.92 Å². The van der Waals surface area contributed by atoms with Crippen molar-refractivity contribution in [3.63, 3.8) is 0 Å². The number of carbonyl (C=O) groups is 1. The highest BCUT2D eigenvalue weighted by Gasteiger charge is 2.28. The van der Waals surface area contributed by atoms with E-state index in [9.17, 15) is 4.79 Å². The highest BCUT2D eigenvalue weighted by atomic mass is 16.2. The number of hydrogen-bond acceptors (Lipinski definition) is 1. The molecule has 1 saturated heterocycles. The predicted octanol–water partition coefficient (Wildman–Crippen LogP) is 3.29. The molecule has 1 aliphatic heterocycles. The molecule has 0 aliphatic carbocycles. The van der Waals surface area contributed by atoms with Gasteiger partial charge in [-0.1, -0.05) is 43.7 Å². The predicted molar refractivity (Wildman–Crippen MR) is 74.6 cm³/mol. The second-order valence-corrected chi connectivity index (χ2v) is 6.01. The number of nitrogens with zero attached hydrogens (tertiary/aromatic N) is 1. The second kappa shape index (κ2) is 5.13. The zero-order chi connectivity index (χ0) is 13.2. The standard InChI is InChI=1S/C16H23NO/c1-13-6-8-14(9-7-13)16(2,3)12-15(18)17-10-4-5-11-17/h6-9H,4-5,10-12H2,1-3H3. The number of benzene rings is 1. The Morgan fingerprint density at radius 1 is 1.17 bits per heavy atom. The van der Waals surface area contributed by atoms with Gasteiger partial charge in [0.15, 0.2) is 0 Å². The van der Waals surface area contributed by atoms with Gasteiger partial charge in [-0.2, -0.15) is 0 Å². The van der Waals surface area contributed by atoms with Crippen LogP contribution in [0.25, 0.3) is 0 Å².